The lowest BCUT2D eigenvalue weighted by molar-refractivity contribution is -0.154. The summed E-state index contributed by atoms with van der Waals surface area (Å²) in [7, 11) is 0. The smallest absolute Gasteiger partial charge is 0.356 e. The molecule has 17 heteroatoms. The number of nitrogens with one attached hydrogen (secondary N) is 4. The molecule has 2 aliphatic heterocycles. The van der Waals surface area contributed by atoms with Crippen LogP contribution in [-0.2, 0) is 23.9 Å². The minimum Gasteiger partial charge on any atom is -0.463 e. The number of ketones is 1. The molecule has 0 aliphatic carbocycles. The Morgan fingerprint density at radius 3 is 2.56 bits per heavy atom. The molecular formula is C38H32ClN7O9. The van der Waals surface area contributed by atoms with E-state index >= 15 is 0 Å². The molecule has 1 saturated heterocycles. The van der Waals surface area contributed by atoms with E-state index in [9.17, 15) is 28.8 Å². The second-order valence-electron chi connectivity index (χ2n) is 12.3. The van der Waals surface area contributed by atoms with Crippen LogP contribution in [0.15, 0.2) is 79.3 Å². The van der Waals surface area contributed by atoms with E-state index in [1.54, 1.807) is 43.3 Å². The number of para-hydroxylation sites is 1. The lowest BCUT2D eigenvalue weighted by Gasteiger charge is -2.27. The number of H-pyrrole nitrogens is 1. The number of ether oxygens (including phenoxy) is 3. The van der Waals surface area contributed by atoms with Gasteiger partial charge in [-0.05, 0) is 49.7 Å². The number of amides is 4. The maximum Gasteiger partial charge on any atom is 0.356 e. The van der Waals surface area contributed by atoms with Gasteiger partial charge in [0.05, 0.1) is 40.3 Å². The van der Waals surface area contributed by atoms with Crippen molar-refractivity contribution in [1.29, 1.82) is 0 Å². The van der Waals surface area contributed by atoms with Crippen LogP contribution in [0.1, 0.15) is 56.4 Å². The van der Waals surface area contributed by atoms with E-state index in [1.807, 2.05) is 18.2 Å². The lowest BCUT2D eigenvalue weighted by atomic mass is 10.0. The highest BCUT2D eigenvalue weighted by Crippen LogP contribution is 2.34. The SMILES string of the molecule is CCOC(=O)C(Nc1ncnc2[nH]cc(C(=O)c3ccc(Oc4ccccc4)cc3Cl)c12)OCCNc1cccc2c1C(=O)N(C1CCC(=O)NC1=O)C2=O. The van der Waals surface area contributed by atoms with Crippen molar-refractivity contribution in [3.05, 3.63) is 107 Å². The van der Waals surface area contributed by atoms with Gasteiger partial charge in [0.2, 0.25) is 18.0 Å². The number of hydrogen-bond acceptors (Lipinski definition) is 13. The highest BCUT2D eigenvalue weighted by atomic mass is 35.5. The van der Waals surface area contributed by atoms with Gasteiger partial charge in [-0.25, -0.2) is 14.8 Å². The summed E-state index contributed by atoms with van der Waals surface area (Å²) in [5, 5.41) is 8.59. The number of benzene rings is 3. The summed E-state index contributed by atoms with van der Waals surface area (Å²) in [4.78, 5) is 90.1. The molecule has 5 aromatic rings. The summed E-state index contributed by atoms with van der Waals surface area (Å²) in [5.74, 6) is -2.58. The number of esters is 1. The summed E-state index contributed by atoms with van der Waals surface area (Å²) in [5.41, 5.74) is 1.15. The lowest BCUT2D eigenvalue weighted by Crippen LogP contribution is -2.54. The Morgan fingerprint density at radius 1 is 0.982 bits per heavy atom. The van der Waals surface area contributed by atoms with Gasteiger partial charge in [-0.1, -0.05) is 35.9 Å². The number of carbonyl (C=O) groups is 6. The molecule has 0 radical (unpaired) electrons. The molecule has 1 fully saturated rings. The average molecular weight is 766 g/mol. The molecule has 3 aromatic carbocycles. The third-order valence-electron chi connectivity index (χ3n) is 8.82. The Balaban J connectivity index is 1.05. The van der Waals surface area contributed by atoms with Gasteiger partial charge in [-0.3, -0.25) is 34.2 Å². The fraction of sp³-hybridized carbons (Fsp3) is 0.211. The van der Waals surface area contributed by atoms with Gasteiger partial charge in [0, 0.05) is 36.5 Å². The Hall–Kier alpha value is -6.65. The van der Waals surface area contributed by atoms with Crippen LogP contribution in [0.25, 0.3) is 11.0 Å². The molecule has 0 bridgehead atoms. The Bertz CT molecular complexity index is 2350. The van der Waals surface area contributed by atoms with Crippen LogP contribution in [0, 0.1) is 0 Å². The summed E-state index contributed by atoms with van der Waals surface area (Å²) >= 11 is 6.56. The molecule has 2 aliphatic rings. The number of nitrogens with zero attached hydrogens (tertiary/aromatic N) is 3. The fourth-order valence-electron chi connectivity index (χ4n) is 6.30. The number of carbonyl (C=O) groups excluding carboxylic acids is 6. The van der Waals surface area contributed by atoms with Crippen molar-refractivity contribution in [3.63, 3.8) is 0 Å². The first-order chi connectivity index (χ1) is 26.6. The first-order valence-corrected chi connectivity index (χ1v) is 17.5. The van der Waals surface area contributed by atoms with Crippen LogP contribution < -0.4 is 20.7 Å². The minimum absolute atomic E-state index is 0.00227. The number of piperidine rings is 1. The van der Waals surface area contributed by atoms with Gasteiger partial charge in [0.15, 0.2) is 5.78 Å². The first-order valence-electron chi connectivity index (χ1n) is 17.2. The molecule has 0 saturated carbocycles. The van der Waals surface area contributed by atoms with Crippen LogP contribution in [0.4, 0.5) is 11.5 Å². The molecule has 280 valence electrons. The number of imide groups is 2. The quantitative estimate of drug-likeness (QED) is 0.0405. The van der Waals surface area contributed by atoms with Crippen LogP contribution in [0.2, 0.25) is 5.02 Å². The number of halogens is 1. The minimum atomic E-state index is -1.40. The zero-order valence-electron chi connectivity index (χ0n) is 29.1. The second-order valence-corrected chi connectivity index (χ2v) is 12.7. The predicted octanol–water partition coefficient (Wildman–Crippen LogP) is 4.47. The molecule has 55 heavy (non-hydrogen) atoms. The maximum absolute atomic E-state index is 13.9. The fourth-order valence-corrected chi connectivity index (χ4v) is 6.56. The number of hydrogen-bond donors (Lipinski definition) is 4. The van der Waals surface area contributed by atoms with Crippen LogP contribution in [0.3, 0.4) is 0 Å². The van der Waals surface area contributed by atoms with E-state index in [-0.39, 0.29) is 71.1 Å². The molecule has 2 unspecified atom stereocenters. The highest BCUT2D eigenvalue weighted by molar-refractivity contribution is 6.36. The number of fused-ring (bicyclic) bond motifs is 2. The third kappa shape index (κ3) is 7.45. The van der Waals surface area contributed by atoms with Crippen molar-refractivity contribution in [2.45, 2.75) is 32.0 Å². The normalized spacial score (nSPS) is 15.7. The summed E-state index contributed by atoms with van der Waals surface area (Å²) < 4.78 is 17.0. The van der Waals surface area contributed by atoms with E-state index in [2.05, 4.69) is 30.9 Å². The Kier molecular flexibility index (Phi) is 10.5. The molecule has 2 atom stereocenters. The topological polar surface area (TPSA) is 211 Å². The monoisotopic (exact) mass is 765 g/mol. The summed E-state index contributed by atoms with van der Waals surface area (Å²) in [6, 6.07) is 17.4. The zero-order chi connectivity index (χ0) is 38.6. The molecule has 7 rings (SSSR count). The van der Waals surface area contributed by atoms with Crippen molar-refractivity contribution in [1.82, 2.24) is 25.2 Å². The largest absolute Gasteiger partial charge is 0.463 e. The molecule has 4 amide bonds. The van der Waals surface area contributed by atoms with Gasteiger partial charge in [-0.15, -0.1) is 0 Å². The van der Waals surface area contributed by atoms with E-state index in [0.29, 0.717) is 22.8 Å². The van der Waals surface area contributed by atoms with Gasteiger partial charge >= 0.3 is 5.97 Å². The van der Waals surface area contributed by atoms with Crippen LogP contribution in [-0.4, -0.2) is 87.3 Å². The highest BCUT2D eigenvalue weighted by Gasteiger charge is 2.45. The Labute approximate surface area is 317 Å². The molecule has 0 spiro atoms. The number of rotatable bonds is 14. The van der Waals surface area contributed by atoms with E-state index in [0.717, 1.165) is 4.90 Å². The van der Waals surface area contributed by atoms with Crippen molar-refractivity contribution < 1.29 is 43.0 Å². The summed E-state index contributed by atoms with van der Waals surface area (Å²) in [6.45, 7) is 1.63. The molecule has 16 nitrogen and oxygen atoms in total. The van der Waals surface area contributed by atoms with Gasteiger partial charge in [-0.2, -0.15) is 0 Å². The van der Waals surface area contributed by atoms with E-state index in [4.69, 9.17) is 25.8 Å². The molecule has 4 heterocycles. The predicted molar refractivity (Wildman–Crippen MR) is 197 cm³/mol. The maximum atomic E-state index is 13.9. The average Bonchev–Trinajstić information content (AvgIpc) is 3.72. The standard InChI is InChI=1S/C38H32ClN7O9/c1-2-53-38(52)35(54-16-15-40-26-10-6-9-23-29(26)37(51)46(36(23)50)27-13-14-28(47)44-34(27)49)45-33-30-24(18-41-32(30)42-19-43-33)31(48)22-12-11-21(17-25(22)39)55-20-7-4-3-5-8-20/h3-12,17-19,27,35,40H,2,13-16H2,1H3,(H,44,47,49)(H2,41,42,43,45). The van der Waals surface area contributed by atoms with Crippen molar-refractivity contribution >= 4 is 69.5 Å². The first kappa shape index (κ1) is 36.7. The number of anilines is 2. The van der Waals surface area contributed by atoms with Crippen molar-refractivity contribution in [2.24, 2.45) is 0 Å². The van der Waals surface area contributed by atoms with E-state index in [1.165, 1.54) is 24.7 Å². The van der Waals surface area contributed by atoms with Gasteiger partial charge < -0.3 is 29.8 Å². The van der Waals surface area contributed by atoms with Crippen molar-refractivity contribution in [2.75, 3.05) is 30.4 Å². The third-order valence-corrected chi connectivity index (χ3v) is 9.13. The Morgan fingerprint density at radius 2 is 1.80 bits per heavy atom. The van der Waals surface area contributed by atoms with Gasteiger partial charge in [0.1, 0.15) is 35.3 Å². The number of aromatic nitrogens is 3. The van der Waals surface area contributed by atoms with Crippen molar-refractivity contribution in [3.8, 4) is 11.5 Å². The van der Waals surface area contributed by atoms with E-state index < -0.39 is 47.7 Å². The summed E-state index contributed by atoms with van der Waals surface area (Å²) in [6.07, 6.45) is 1.33. The van der Waals surface area contributed by atoms with Crippen LogP contribution >= 0.6 is 11.6 Å². The number of aromatic amines is 1. The molecule has 4 N–H and O–H groups in total. The second kappa shape index (κ2) is 15.8. The molecule has 2 aromatic heterocycles. The molecular weight excluding hydrogens is 734 g/mol. The van der Waals surface area contributed by atoms with Gasteiger partial charge in [0.25, 0.3) is 11.8 Å². The zero-order valence-corrected chi connectivity index (χ0v) is 29.8. The van der Waals surface area contributed by atoms with Crippen LogP contribution in [0.5, 0.6) is 11.5 Å².